The van der Waals surface area contributed by atoms with E-state index in [-0.39, 0.29) is 5.78 Å². The van der Waals surface area contributed by atoms with Crippen LogP contribution >= 0.6 is 28.1 Å². The minimum absolute atomic E-state index is 0.0288. The average molecular weight is 363 g/mol. The SMILES string of the molecule is CC(=O)c1cccc(NC(=S)Nc2ccc(Br)c(C)c2)c1. The molecule has 0 heterocycles. The van der Waals surface area contributed by atoms with Gasteiger partial charge in [-0.2, -0.15) is 0 Å². The van der Waals surface area contributed by atoms with E-state index in [1.165, 1.54) is 0 Å². The predicted molar refractivity (Wildman–Crippen MR) is 95.2 cm³/mol. The molecule has 2 N–H and O–H groups in total. The number of hydrogen-bond donors (Lipinski definition) is 2. The van der Waals surface area contributed by atoms with Crippen molar-refractivity contribution in [1.29, 1.82) is 0 Å². The predicted octanol–water partition coefficient (Wildman–Crippen LogP) is 4.77. The minimum atomic E-state index is 0.0288. The Hall–Kier alpha value is -1.72. The van der Waals surface area contributed by atoms with Crippen LogP contribution in [0.5, 0.6) is 0 Å². The van der Waals surface area contributed by atoms with Gasteiger partial charge in [-0.15, -0.1) is 0 Å². The molecular formula is C16H15BrN2OS. The molecule has 0 aliphatic heterocycles. The summed E-state index contributed by atoms with van der Waals surface area (Å²) in [5, 5.41) is 6.68. The van der Waals surface area contributed by atoms with Crippen LogP contribution in [0.1, 0.15) is 22.8 Å². The lowest BCUT2D eigenvalue weighted by atomic mass is 10.1. The topological polar surface area (TPSA) is 41.1 Å². The maximum Gasteiger partial charge on any atom is 0.175 e. The Morgan fingerprint density at radius 3 is 2.38 bits per heavy atom. The fourth-order valence-corrected chi connectivity index (χ4v) is 2.31. The number of ketones is 1. The molecule has 2 rings (SSSR count). The largest absolute Gasteiger partial charge is 0.332 e. The van der Waals surface area contributed by atoms with E-state index in [1.54, 1.807) is 19.1 Å². The van der Waals surface area contributed by atoms with Crippen LogP contribution in [0.15, 0.2) is 46.9 Å². The summed E-state index contributed by atoms with van der Waals surface area (Å²) >= 11 is 8.75. The van der Waals surface area contributed by atoms with Crippen LogP contribution in [-0.4, -0.2) is 10.9 Å². The summed E-state index contributed by atoms with van der Waals surface area (Å²) in [6.45, 7) is 3.56. The number of halogens is 1. The normalized spacial score (nSPS) is 10.0. The number of Topliss-reactive ketones (excluding diaryl/α,β-unsaturated/α-hetero) is 1. The van der Waals surface area contributed by atoms with Gasteiger partial charge in [0.25, 0.3) is 0 Å². The van der Waals surface area contributed by atoms with Crippen molar-refractivity contribution in [2.75, 3.05) is 10.6 Å². The van der Waals surface area contributed by atoms with E-state index in [9.17, 15) is 4.79 Å². The van der Waals surface area contributed by atoms with Gasteiger partial charge < -0.3 is 10.6 Å². The molecular weight excluding hydrogens is 348 g/mol. The van der Waals surface area contributed by atoms with Gasteiger partial charge in [-0.05, 0) is 62.0 Å². The fourth-order valence-electron chi connectivity index (χ4n) is 1.83. The molecule has 0 radical (unpaired) electrons. The maximum absolute atomic E-state index is 11.4. The molecule has 5 heteroatoms. The molecule has 108 valence electrons. The molecule has 0 saturated carbocycles. The van der Waals surface area contributed by atoms with Crippen molar-refractivity contribution in [2.45, 2.75) is 13.8 Å². The van der Waals surface area contributed by atoms with E-state index in [1.807, 2.05) is 37.3 Å². The summed E-state index contributed by atoms with van der Waals surface area (Å²) in [5.41, 5.74) is 3.48. The summed E-state index contributed by atoms with van der Waals surface area (Å²) in [5.74, 6) is 0.0288. The van der Waals surface area contributed by atoms with Crippen LogP contribution in [0.2, 0.25) is 0 Å². The fraction of sp³-hybridized carbons (Fsp3) is 0.125. The molecule has 0 aromatic heterocycles. The highest BCUT2D eigenvalue weighted by atomic mass is 79.9. The lowest BCUT2D eigenvalue weighted by Crippen LogP contribution is -2.19. The summed E-state index contributed by atoms with van der Waals surface area (Å²) in [7, 11) is 0. The van der Waals surface area contributed by atoms with Gasteiger partial charge in [0.2, 0.25) is 0 Å². The number of thiocarbonyl (C=S) groups is 1. The van der Waals surface area contributed by atoms with E-state index >= 15 is 0 Å². The van der Waals surface area contributed by atoms with Crippen molar-refractivity contribution in [2.24, 2.45) is 0 Å². The summed E-state index contributed by atoms with van der Waals surface area (Å²) in [4.78, 5) is 11.4. The first-order chi connectivity index (χ1) is 9.95. The Bertz CT molecular complexity index is 700. The van der Waals surface area contributed by atoms with E-state index in [0.717, 1.165) is 21.4 Å². The minimum Gasteiger partial charge on any atom is -0.332 e. The number of nitrogens with one attached hydrogen (secondary N) is 2. The Labute approximate surface area is 137 Å². The van der Waals surface area contributed by atoms with Gasteiger partial charge >= 0.3 is 0 Å². The lowest BCUT2D eigenvalue weighted by Gasteiger charge is -2.12. The van der Waals surface area contributed by atoms with Crippen LogP contribution in [0, 0.1) is 6.92 Å². The van der Waals surface area contributed by atoms with Gasteiger partial charge in [-0.25, -0.2) is 0 Å². The van der Waals surface area contributed by atoms with E-state index in [0.29, 0.717) is 10.7 Å². The first kappa shape index (κ1) is 15.7. The zero-order valence-corrected chi connectivity index (χ0v) is 14.1. The number of carbonyl (C=O) groups excluding carboxylic acids is 1. The molecule has 0 atom stereocenters. The number of hydrogen-bond acceptors (Lipinski definition) is 2. The molecule has 0 aliphatic rings. The second-order valence-electron chi connectivity index (χ2n) is 4.68. The standard InChI is InChI=1S/C16H15BrN2OS/c1-10-8-14(6-7-15(10)17)19-16(21)18-13-5-3-4-12(9-13)11(2)20/h3-9H,1-2H3,(H2,18,19,21). The first-order valence-electron chi connectivity index (χ1n) is 6.41. The molecule has 2 aromatic rings. The Kier molecular flexibility index (Phi) is 5.09. The second kappa shape index (κ2) is 6.83. The molecule has 0 bridgehead atoms. The quantitative estimate of drug-likeness (QED) is 0.609. The monoisotopic (exact) mass is 362 g/mol. The maximum atomic E-state index is 11.4. The third-order valence-electron chi connectivity index (χ3n) is 2.94. The van der Waals surface area contributed by atoms with Gasteiger partial charge in [0.05, 0.1) is 0 Å². The molecule has 0 spiro atoms. The number of carbonyl (C=O) groups is 1. The molecule has 0 unspecified atom stereocenters. The zero-order chi connectivity index (χ0) is 15.4. The number of rotatable bonds is 3. The van der Waals surface area contributed by atoms with Crippen molar-refractivity contribution in [3.05, 3.63) is 58.1 Å². The molecule has 2 aromatic carbocycles. The Morgan fingerprint density at radius 2 is 1.76 bits per heavy atom. The van der Waals surface area contributed by atoms with Crippen LogP contribution in [0.4, 0.5) is 11.4 Å². The van der Waals surface area contributed by atoms with Gasteiger partial charge in [-0.1, -0.05) is 28.1 Å². The smallest absolute Gasteiger partial charge is 0.175 e. The van der Waals surface area contributed by atoms with E-state index in [2.05, 4.69) is 26.6 Å². The first-order valence-corrected chi connectivity index (χ1v) is 7.61. The highest BCUT2D eigenvalue weighted by Crippen LogP contribution is 2.20. The second-order valence-corrected chi connectivity index (χ2v) is 5.94. The number of anilines is 2. The molecule has 0 saturated heterocycles. The van der Waals surface area contributed by atoms with Crippen molar-refractivity contribution < 1.29 is 4.79 Å². The highest BCUT2D eigenvalue weighted by Gasteiger charge is 2.03. The van der Waals surface area contributed by atoms with Gasteiger partial charge in [0.15, 0.2) is 10.9 Å². The van der Waals surface area contributed by atoms with Crippen LogP contribution in [0.3, 0.4) is 0 Å². The van der Waals surface area contributed by atoms with E-state index in [4.69, 9.17) is 12.2 Å². The third kappa shape index (κ3) is 4.37. The summed E-state index contributed by atoms with van der Waals surface area (Å²) in [6.07, 6.45) is 0. The summed E-state index contributed by atoms with van der Waals surface area (Å²) < 4.78 is 1.06. The van der Waals surface area contributed by atoms with Gasteiger partial charge in [0, 0.05) is 21.4 Å². The van der Waals surface area contributed by atoms with E-state index < -0.39 is 0 Å². The van der Waals surface area contributed by atoms with Crippen molar-refractivity contribution in [3.63, 3.8) is 0 Å². The molecule has 0 aliphatic carbocycles. The average Bonchev–Trinajstić information content (AvgIpc) is 2.43. The highest BCUT2D eigenvalue weighted by molar-refractivity contribution is 9.10. The lowest BCUT2D eigenvalue weighted by molar-refractivity contribution is 0.101. The number of aryl methyl sites for hydroxylation is 1. The van der Waals surface area contributed by atoms with Gasteiger partial charge in [-0.3, -0.25) is 4.79 Å². The molecule has 21 heavy (non-hydrogen) atoms. The molecule has 0 fully saturated rings. The van der Waals surface area contributed by atoms with Crippen LogP contribution in [0.25, 0.3) is 0 Å². The Balaban J connectivity index is 2.06. The summed E-state index contributed by atoms with van der Waals surface area (Å²) in [6, 6.07) is 13.2. The third-order valence-corrected chi connectivity index (χ3v) is 4.04. The van der Waals surface area contributed by atoms with Crippen molar-refractivity contribution in [3.8, 4) is 0 Å². The molecule has 0 amide bonds. The Morgan fingerprint density at radius 1 is 1.10 bits per heavy atom. The number of benzene rings is 2. The zero-order valence-electron chi connectivity index (χ0n) is 11.7. The van der Waals surface area contributed by atoms with Crippen molar-refractivity contribution >= 4 is 50.4 Å². The van der Waals surface area contributed by atoms with Gasteiger partial charge in [0.1, 0.15) is 0 Å². The van der Waals surface area contributed by atoms with Crippen LogP contribution < -0.4 is 10.6 Å². The van der Waals surface area contributed by atoms with Crippen LogP contribution in [-0.2, 0) is 0 Å². The molecule has 3 nitrogen and oxygen atoms in total. The van der Waals surface area contributed by atoms with Crippen molar-refractivity contribution in [1.82, 2.24) is 0 Å².